The molecule has 10 nitrogen and oxygen atoms in total. The molecule has 0 aliphatic heterocycles. The Labute approximate surface area is 163 Å². The summed E-state index contributed by atoms with van der Waals surface area (Å²) in [5, 5.41) is 16.6. The van der Waals surface area contributed by atoms with Crippen molar-refractivity contribution in [3.8, 4) is 12.1 Å². The molecular weight excluding hydrogens is 372 g/mol. The van der Waals surface area contributed by atoms with E-state index in [1.54, 1.807) is 0 Å². The number of nitrogens with zero attached hydrogens (tertiary/aromatic N) is 2. The Hall–Kier alpha value is -3.58. The second kappa shape index (κ2) is 28.2. The van der Waals surface area contributed by atoms with E-state index in [0.29, 0.717) is 19.3 Å². The molecule has 154 valence electrons. The van der Waals surface area contributed by atoms with Crippen LogP contribution in [0, 0.1) is 28.6 Å². The normalized spacial score (nSPS) is 9.29. The third-order valence-electron chi connectivity index (χ3n) is 2.96. The van der Waals surface area contributed by atoms with Crippen molar-refractivity contribution < 1.29 is 38.2 Å². The predicted octanol–water partition coefficient (Wildman–Crippen LogP) is 1.73. The summed E-state index contributed by atoms with van der Waals surface area (Å²) in [6, 6.07) is 3.92. The van der Waals surface area contributed by atoms with Crippen molar-refractivity contribution in [2.45, 2.75) is 46.0 Å². The minimum Gasteiger partial charge on any atom is -0.469 e. The number of ether oxygens (including phenoxy) is 2. The Balaban J connectivity index is -0.000000160. The first-order valence-corrected chi connectivity index (χ1v) is 7.88. The molecule has 0 aliphatic rings. The van der Waals surface area contributed by atoms with Crippen molar-refractivity contribution in [1.29, 1.82) is 10.5 Å². The lowest BCUT2D eigenvalue weighted by molar-refractivity contribution is -0.193. The van der Waals surface area contributed by atoms with E-state index in [1.165, 1.54) is 20.3 Å². The first kappa shape index (κ1) is 32.1. The zero-order valence-electron chi connectivity index (χ0n) is 16.4. The van der Waals surface area contributed by atoms with Gasteiger partial charge in [-0.2, -0.15) is 29.7 Å². The van der Waals surface area contributed by atoms with Crippen LogP contribution in [-0.4, -0.2) is 38.5 Å². The van der Waals surface area contributed by atoms with E-state index in [-0.39, 0.29) is 36.6 Å². The minimum absolute atomic E-state index is 0.160. The van der Waals surface area contributed by atoms with Crippen LogP contribution in [0.1, 0.15) is 46.0 Å². The fourth-order valence-corrected chi connectivity index (χ4v) is 1.44. The van der Waals surface area contributed by atoms with Gasteiger partial charge >= 0.3 is 24.2 Å². The Bertz CT molecular complexity index is 590. The number of carbonyl (C=O) groups excluding carboxylic acids is 6. The van der Waals surface area contributed by atoms with Gasteiger partial charge in [0, 0.05) is 18.9 Å². The summed E-state index contributed by atoms with van der Waals surface area (Å²) in [6.07, 6.45) is 4.47. The zero-order valence-corrected chi connectivity index (χ0v) is 16.4. The van der Waals surface area contributed by atoms with Gasteiger partial charge in [-0.05, 0) is 17.9 Å². The van der Waals surface area contributed by atoms with Gasteiger partial charge in [0.05, 0.1) is 32.8 Å². The molecule has 1 atom stereocenters. The van der Waals surface area contributed by atoms with Crippen LogP contribution in [0.4, 0.5) is 0 Å². The van der Waals surface area contributed by atoms with Gasteiger partial charge in [-0.1, -0.05) is 20.3 Å². The van der Waals surface area contributed by atoms with Gasteiger partial charge in [-0.15, -0.1) is 0 Å². The molecule has 0 aromatic heterocycles. The highest BCUT2D eigenvalue weighted by atomic mass is 16.5. The molecule has 0 N–H and O–H groups in total. The number of nitriles is 2. The van der Waals surface area contributed by atoms with E-state index in [9.17, 15) is 9.59 Å². The van der Waals surface area contributed by atoms with Crippen LogP contribution in [0.15, 0.2) is 11.6 Å². The Morgan fingerprint density at radius 3 is 1.71 bits per heavy atom. The first-order chi connectivity index (χ1) is 13.3. The maximum Gasteiger partial charge on any atom is 0.373 e. The summed E-state index contributed by atoms with van der Waals surface area (Å²) in [5.41, 5.74) is 0.805. The molecule has 0 amide bonds. The monoisotopic (exact) mass is 396 g/mol. The molecule has 0 rings (SSSR count). The van der Waals surface area contributed by atoms with E-state index in [4.69, 9.17) is 29.7 Å². The molecule has 0 fully saturated rings. The van der Waals surface area contributed by atoms with E-state index in [0.717, 1.165) is 12.0 Å². The molecule has 0 spiro atoms. The van der Waals surface area contributed by atoms with Gasteiger partial charge in [0.2, 0.25) is 0 Å². The summed E-state index contributed by atoms with van der Waals surface area (Å²) in [6.45, 7) is 3.86. The molecule has 0 aliphatic carbocycles. The lowest BCUT2D eigenvalue weighted by Crippen LogP contribution is -2.08. The van der Waals surface area contributed by atoms with Crippen molar-refractivity contribution in [3.05, 3.63) is 11.6 Å². The summed E-state index contributed by atoms with van der Waals surface area (Å²) in [7, 11) is 2.70. The first-order valence-electron chi connectivity index (χ1n) is 7.88. The van der Waals surface area contributed by atoms with Crippen molar-refractivity contribution in [3.63, 3.8) is 0 Å². The standard InChI is InChI=1S/C8H13NO2.C8H11NO2.2CO2/c2*1-3-7(4-5-9)6-8(10)11-2;2*2-1-3/h7H,3-4,6H2,1-2H3;4H,3,6H2,1-2H3;;/b;7-4-;;. The minimum atomic E-state index is -0.298. The quantitative estimate of drug-likeness (QED) is 0.456. The van der Waals surface area contributed by atoms with E-state index >= 15 is 0 Å². The van der Waals surface area contributed by atoms with Gasteiger partial charge in [-0.3, -0.25) is 9.59 Å². The molecule has 0 aromatic carbocycles. The molecule has 0 saturated heterocycles. The van der Waals surface area contributed by atoms with Crippen molar-refractivity contribution in [2.24, 2.45) is 5.92 Å². The van der Waals surface area contributed by atoms with Crippen LogP contribution < -0.4 is 0 Å². The number of carbonyl (C=O) groups is 2. The molecule has 0 heterocycles. The summed E-state index contributed by atoms with van der Waals surface area (Å²) in [4.78, 5) is 53.9. The van der Waals surface area contributed by atoms with Crippen LogP contribution in [0.5, 0.6) is 0 Å². The van der Waals surface area contributed by atoms with Gasteiger partial charge in [0.25, 0.3) is 0 Å². The van der Waals surface area contributed by atoms with E-state index < -0.39 is 0 Å². The highest BCUT2D eigenvalue weighted by Crippen LogP contribution is 2.12. The highest BCUT2D eigenvalue weighted by molar-refractivity contribution is 5.72. The van der Waals surface area contributed by atoms with Gasteiger partial charge in [-0.25, -0.2) is 0 Å². The average molecular weight is 396 g/mol. The van der Waals surface area contributed by atoms with Crippen LogP contribution >= 0.6 is 0 Å². The molecule has 0 aromatic rings. The molecular formula is C18H24N2O8. The zero-order chi connectivity index (χ0) is 22.8. The second-order valence-electron chi connectivity index (χ2n) is 4.62. The number of allylic oxidation sites excluding steroid dienone is 1. The van der Waals surface area contributed by atoms with Crippen LogP contribution in [0.3, 0.4) is 0 Å². The number of hydrogen-bond acceptors (Lipinski definition) is 10. The smallest absolute Gasteiger partial charge is 0.373 e. The third-order valence-corrected chi connectivity index (χ3v) is 2.96. The Morgan fingerprint density at radius 2 is 1.43 bits per heavy atom. The molecule has 0 saturated carbocycles. The lowest BCUT2D eigenvalue weighted by atomic mass is 10.00. The average Bonchev–Trinajstić information content (AvgIpc) is 2.68. The number of rotatable bonds is 7. The van der Waals surface area contributed by atoms with E-state index in [1.807, 2.05) is 26.0 Å². The number of esters is 2. The van der Waals surface area contributed by atoms with Gasteiger partial charge in [0.1, 0.15) is 0 Å². The fourth-order valence-electron chi connectivity index (χ4n) is 1.44. The molecule has 28 heavy (non-hydrogen) atoms. The number of methoxy groups -OCH3 is 2. The van der Waals surface area contributed by atoms with E-state index in [2.05, 4.69) is 9.47 Å². The summed E-state index contributed by atoms with van der Waals surface area (Å²) < 4.78 is 8.92. The Kier molecular flexibility index (Phi) is 32.4. The second-order valence-corrected chi connectivity index (χ2v) is 4.62. The molecule has 0 bridgehead atoms. The maximum absolute atomic E-state index is 10.7. The third kappa shape index (κ3) is 30.3. The van der Waals surface area contributed by atoms with Crippen molar-refractivity contribution in [2.75, 3.05) is 14.2 Å². The van der Waals surface area contributed by atoms with Crippen molar-refractivity contribution in [1.82, 2.24) is 0 Å². The molecule has 1 unspecified atom stereocenters. The predicted molar refractivity (Wildman–Crippen MR) is 91.3 cm³/mol. The Morgan fingerprint density at radius 1 is 0.964 bits per heavy atom. The summed E-state index contributed by atoms with van der Waals surface area (Å²) >= 11 is 0. The fraction of sp³-hybridized carbons (Fsp3) is 0.556. The SMILES string of the molecule is CC/C(=C/C#N)CC(=O)OC.CCC(CC#N)CC(=O)OC.O=C=O.O=C=O. The number of hydrogen-bond donors (Lipinski definition) is 0. The topological polar surface area (TPSA) is 168 Å². The molecule has 10 heteroatoms. The lowest BCUT2D eigenvalue weighted by Gasteiger charge is -2.07. The maximum atomic E-state index is 10.7. The molecule has 0 radical (unpaired) electrons. The van der Waals surface area contributed by atoms with Crippen LogP contribution in [0.25, 0.3) is 0 Å². The van der Waals surface area contributed by atoms with Crippen molar-refractivity contribution >= 4 is 24.2 Å². The highest BCUT2D eigenvalue weighted by Gasteiger charge is 2.11. The summed E-state index contributed by atoms with van der Waals surface area (Å²) in [5.74, 6) is -0.368. The van der Waals surface area contributed by atoms with Crippen LogP contribution in [0.2, 0.25) is 0 Å². The van der Waals surface area contributed by atoms with Crippen LogP contribution in [-0.2, 0) is 38.2 Å². The largest absolute Gasteiger partial charge is 0.469 e. The van der Waals surface area contributed by atoms with Gasteiger partial charge < -0.3 is 9.47 Å². The van der Waals surface area contributed by atoms with Gasteiger partial charge in [0.15, 0.2) is 0 Å².